The maximum atomic E-state index is 10.3. The third-order valence-corrected chi connectivity index (χ3v) is 27.8. The van der Waals surface area contributed by atoms with Crippen molar-refractivity contribution >= 4 is 105 Å². The molecule has 10 aliphatic rings. The average molecular weight is 1950 g/mol. The number of azide groups is 2. The van der Waals surface area contributed by atoms with Crippen LogP contribution in [-0.2, 0) is 4.79 Å². The van der Waals surface area contributed by atoms with Crippen molar-refractivity contribution in [1.29, 1.82) is 5.26 Å². The minimum Gasteiger partial charge on any atom is -0.412 e. The standard InChI is InChI=1S/C23H31N5.C23H33N5.C23H30N2.C14H22N.C10H14O.C9H9N.C4H9N.C3H9N3Si.H2O.5H2S/c1-16(2)19-10-12-20(13-11-19)22(27-14-5-6-15-27)23-24-25-26-28(23)21-17(3)8-7-9-18(21)4;1-16(2)19-10-12-20(13-11-19)22(28-14-5-6-15-28)23(26-27-24)25-21-17(3)8-7-9-18(21)4;1-17(2)20-10-12-21(13-11-20)22(25-14-5-6-15-25)16-24-23-18(3)8-7-9-19(23)4;1-12(2)14-7-5-13(6-8-14)11-15-9-3-4-10-15;1-8(2)10-5-3-9(7-11)4-6-10;1-7-4-3-5-8(2)9(7)6-10;1-2-4-5-3-1;1-7(2,3)6-5-4;;;;;;/h7-9,12,19,22H,1,5-6,10-11,13-15H2,2-4H3;7-9,12,19,22-23,25H,1,5-6,10-11,13-15H2,2-4H3;7-9,12,20H,1,5-6,10-11,13-15H2,2-4H3;5,11,14H,1,3-4,6-10H2,2H3;3,7,10H,1,4-6H2,2H3;3-5H,1-2H3;5H,1-4H2;1-3H3;6*1H2/q;;+2;+1;;;;;;;;;;/t19-,22?;19-,22?,23?;20-;14-;;;;;;;;;;/m1111........../s1. The first-order chi connectivity index (χ1) is 61.9. The lowest BCUT2D eigenvalue weighted by Gasteiger charge is -2.37. The molecule has 8 atom stereocenters. The second-order valence-electron chi connectivity index (χ2n) is 38.7. The Morgan fingerprint density at radius 3 is 1.35 bits per heavy atom. The van der Waals surface area contributed by atoms with E-state index in [0.29, 0.717) is 23.7 Å². The highest BCUT2D eigenvalue weighted by molar-refractivity contribution is 7.60. The minimum absolute atomic E-state index is 0. The van der Waals surface area contributed by atoms with Gasteiger partial charge < -0.3 is 16.1 Å². The Labute approximate surface area is 849 Å². The SMILES string of the molecule is C1CCNC1.C=C(C)C1CC=C(C=O)CC1.C=C(C)[C@@H]1CC=C(C(C#[N+]c2c(C)cccc2C)=[N+]2CCCC2)CC1.C=C(C)[C@@H]1CC=C(C(C(N=[N+]=[N-])Nc2c(C)cccc2C)N2CCCC2)CC1.C=C(C)[C@@H]1CC=C(C(c2nnnn2-c2c(C)cccc2C)N2CCCC2)CC1.C=C(C)[C@@H]1CC=C(C=[N+]2CCCC2)CC1.C[Si](C)(C)N=[N+]=[N-].Cc1cccc(C)c1C#N.O.S.S.S.S.S. The van der Waals surface area contributed by atoms with Crippen LogP contribution in [0.4, 0.5) is 11.4 Å². The van der Waals surface area contributed by atoms with Crippen LogP contribution in [0.5, 0.6) is 0 Å². The van der Waals surface area contributed by atoms with Gasteiger partial charge in [-0.15, -0.1) is 9.88 Å². The fourth-order valence-corrected chi connectivity index (χ4v) is 19.2. The lowest BCUT2D eigenvalue weighted by atomic mass is 9.82. The van der Waals surface area contributed by atoms with Gasteiger partial charge in [0.2, 0.25) is 0 Å². The number of allylic oxidation sites excluding steroid dienone is 13. The monoisotopic (exact) mass is 1950 g/mol. The van der Waals surface area contributed by atoms with E-state index >= 15 is 0 Å². The molecular weight excluding hydrogens is 1780 g/mol. The van der Waals surface area contributed by atoms with Crippen LogP contribution in [0.15, 0.2) is 202 Å². The number of nitrogens with zero attached hydrogens (tertiary/aromatic N) is 16. The summed E-state index contributed by atoms with van der Waals surface area (Å²) in [6.45, 7) is 65.4. The third-order valence-electron chi connectivity index (χ3n) is 27.1. The lowest BCUT2D eigenvalue weighted by Crippen LogP contribution is -2.46. The maximum Gasteiger partial charge on any atom is 0.391 e. The smallest absolute Gasteiger partial charge is 0.391 e. The van der Waals surface area contributed by atoms with Crippen molar-refractivity contribution < 1.29 is 19.4 Å². The molecule has 4 aromatic carbocycles. The molecule has 738 valence electrons. The summed E-state index contributed by atoms with van der Waals surface area (Å²) in [5, 5.41) is 32.8. The molecular formula is C109H169N18O2S5Si+3. The van der Waals surface area contributed by atoms with Crippen molar-refractivity contribution in [3.8, 4) is 17.8 Å². The summed E-state index contributed by atoms with van der Waals surface area (Å²) in [6, 6.07) is 30.7. The van der Waals surface area contributed by atoms with Crippen LogP contribution < -0.4 is 10.6 Å². The number of tetrazole rings is 1. The Hall–Kier alpha value is -8.43. The van der Waals surface area contributed by atoms with Crippen molar-refractivity contribution in [3.05, 3.63) is 273 Å². The van der Waals surface area contributed by atoms with E-state index in [2.05, 4.69) is 271 Å². The molecule has 4 unspecified atom stereocenters. The van der Waals surface area contributed by atoms with E-state index in [4.69, 9.17) is 15.6 Å². The molecule has 5 aliphatic carbocycles. The number of nitriles is 1. The van der Waals surface area contributed by atoms with Crippen LogP contribution in [0.2, 0.25) is 19.6 Å². The van der Waals surface area contributed by atoms with Crippen molar-refractivity contribution in [2.75, 3.05) is 70.8 Å². The van der Waals surface area contributed by atoms with E-state index in [1.54, 1.807) is 5.57 Å². The average Bonchev–Trinajstić information content (AvgIpc) is 1.66. The summed E-state index contributed by atoms with van der Waals surface area (Å²) in [4.78, 5) is 26.1. The van der Waals surface area contributed by atoms with Gasteiger partial charge in [0.25, 0.3) is 0 Å². The topological polar surface area (TPSA) is 254 Å². The first-order valence-electron chi connectivity index (χ1n) is 48.3. The molecule has 0 amide bonds. The van der Waals surface area contributed by atoms with Crippen LogP contribution in [0.1, 0.15) is 257 Å². The molecule has 6 heterocycles. The molecule has 0 bridgehead atoms. The van der Waals surface area contributed by atoms with Crippen molar-refractivity contribution in [2.24, 2.45) is 39.5 Å². The van der Waals surface area contributed by atoms with Crippen LogP contribution >= 0.6 is 67.5 Å². The predicted molar refractivity (Wildman–Crippen MR) is 600 cm³/mol. The van der Waals surface area contributed by atoms with Gasteiger partial charge in [-0.05, 0) is 369 Å². The molecule has 5 aliphatic heterocycles. The number of aromatic nitrogens is 4. The maximum absolute atomic E-state index is 10.3. The van der Waals surface area contributed by atoms with Gasteiger partial charge in [-0.1, -0.05) is 194 Å². The Balaban J connectivity index is 0.000000545. The Morgan fingerprint density at radius 1 is 0.541 bits per heavy atom. The van der Waals surface area contributed by atoms with Gasteiger partial charge in [0.05, 0.1) is 29.4 Å². The number of aryl methyl sites for hydroxylation is 8. The minimum atomic E-state index is -1.45. The largest absolute Gasteiger partial charge is 0.412 e. The summed E-state index contributed by atoms with van der Waals surface area (Å²) in [7, 11) is -1.45. The van der Waals surface area contributed by atoms with Crippen LogP contribution in [0, 0.1) is 102 Å². The zero-order chi connectivity index (χ0) is 93.5. The number of rotatable bonds is 19. The van der Waals surface area contributed by atoms with Crippen LogP contribution in [-0.4, -0.2) is 149 Å². The van der Waals surface area contributed by atoms with Gasteiger partial charge in [0, 0.05) is 58.6 Å². The van der Waals surface area contributed by atoms with Gasteiger partial charge >= 0.3 is 17.5 Å². The zero-order valence-electron chi connectivity index (χ0n) is 84.9. The first-order valence-corrected chi connectivity index (χ1v) is 51.7. The van der Waals surface area contributed by atoms with Crippen molar-refractivity contribution in [3.63, 3.8) is 0 Å². The van der Waals surface area contributed by atoms with Gasteiger partial charge in [-0.25, -0.2) is 9.15 Å². The molecule has 0 saturated carbocycles. The van der Waals surface area contributed by atoms with Gasteiger partial charge in [0.1, 0.15) is 46.9 Å². The molecule has 0 radical (unpaired) electrons. The summed E-state index contributed by atoms with van der Waals surface area (Å²) < 4.78 is 10.5. The zero-order valence-corrected chi connectivity index (χ0v) is 90.9. The van der Waals surface area contributed by atoms with E-state index in [0.717, 1.165) is 161 Å². The number of para-hydroxylation sites is 3. The highest BCUT2D eigenvalue weighted by Crippen LogP contribution is 2.41. The second-order valence-corrected chi connectivity index (χ2v) is 43.3. The quantitative estimate of drug-likeness (QED) is 0.0151. The van der Waals surface area contributed by atoms with E-state index < -0.39 is 8.24 Å². The fraction of sp³-hybridized carbons (Fsp3) is 0.541. The number of anilines is 1. The number of benzene rings is 4. The molecule has 1 aromatic heterocycles. The van der Waals surface area contributed by atoms with Crippen molar-refractivity contribution in [2.45, 2.75) is 288 Å². The molecule has 5 aromatic rings. The van der Waals surface area contributed by atoms with E-state index in [9.17, 15) is 10.3 Å². The number of carbonyl (C=O) groups excluding carboxylic acids is 1. The molecule has 5 fully saturated rings. The second kappa shape index (κ2) is 63.9. The lowest BCUT2D eigenvalue weighted by molar-refractivity contribution is -0.504. The highest BCUT2D eigenvalue weighted by Gasteiger charge is 2.37. The molecule has 26 heteroatoms. The van der Waals surface area contributed by atoms with Crippen LogP contribution in [0.3, 0.4) is 0 Å². The summed E-state index contributed by atoms with van der Waals surface area (Å²) in [6.07, 6.45) is 44.5. The molecule has 20 nitrogen and oxygen atoms in total. The fourth-order valence-electron chi connectivity index (χ4n) is 19.0. The molecule has 135 heavy (non-hydrogen) atoms. The number of hydrogen-bond donors (Lipinski definition) is 2. The Morgan fingerprint density at radius 2 is 0.963 bits per heavy atom. The number of aldehydes is 1. The first kappa shape index (κ1) is 123. The van der Waals surface area contributed by atoms with E-state index in [1.807, 2.05) is 62.4 Å². The number of nitrogens with one attached hydrogen (secondary N) is 2. The Bertz CT molecular complexity index is 5020. The number of likely N-dealkylation sites (tertiary alicyclic amines) is 2. The molecule has 5 saturated heterocycles. The number of carbonyl (C=O) groups is 1. The summed E-state index contributed by atoms with van der Waals surface area (Å²) >= 11 is 0. The predicted octanol–water partition coefficient (Wildman–Crippen LogP) is 26.7. The van der Waals surface area contributed by atoms with Gasteiger partial charge in [-0.2, -0.15) is 77.4 Å². The summed E-state index contributed by atoms with van der Waals surface area (Å²) in [5.74, 6) is 4.13. The van der Waals surface area contributed by atoms with E-state index in [-0.39, 0.29) is 91.2 Å². The van der Waals surface area contributed by atoms with Crippen molar-refractivity contribution in [1.82, 2.24) is 35.3 Å². The van der Waals surface area contributed by atoms with Gasteiger partial charge in [-0.3, -0.25) is 14.6 Å². The Kier molecular flexibility index (Phi) is 58.1. The van der Waals surface area contributed by atoms with Gasteiger partial charge in [0.15, 0.2) is 12.0 Å². The summed E-state index contributed by atoms with van der Waals surface area (Å²) in [5.41, 5.74) is 45.1. The highest BCUT2D eigenvalue weighted by atomic mass is 32.1. The number of hydrogen-bond acceptors (Lipinski definition) is 11. The molecule has 15 rings (SSSR count). The van der Waals surface area contributed by atoms with Crippen LogP contribution in [0.25, 0.3) is 31.4 Å². The third kappa shape index (κ3) is 39.4. The normalized spacial score (nSPS) is 19.7. The van der Waals surface area contributed by atoms with E-state index in [1.165, 1.54) is 206 Å². The molecule has 4 N–H and O–H groups in total. The molecule has 0 spiro atoms.